The zero-order valence-corrected chi connectivity index (χ0v) is 19.3. The second kappa shape index (κ2) is 8.55. The number of carbonyl (C=O) groups is 3. The van der Waals surface area contributed by atoms with E-state index in [0.717, 1.165) is 12.0 Å². The summed E-state index contributed by atoms with van der Waals surface area (Å²) >= 11 is 0. The van der Waals surface area contributed by atoms with Gasteiger partial charge in [0.2, 0.25) is 5.91 Å². The van der Waals surface area contributed by atoms with Gasteiger partial charge < -0.3 is 15.1 Å². The Morgan fingerprint density at radius 2 is 1.65 bits per heavy atom. The highest BCUT2D eigenvalue weighted by Crippen LogP contribution is 2.45. The highest BCUT2D eigenvalue weighted by molar-refractivity contribution is 6.17. The largest absolute Gasteiger partial charge is 0.354 e. The van der Waals surface area contributed by atoms with Gasteiger partial charge >= 0.3 is 0 Å². The molecule has 4 heterocycles. The normalized spacial score (nSPS) is 25.9. The predicted octanol–water partition coefficient (Wildman–Crippen LogP) is 3.18. The summed E-state index contributed by atoms with van der Waals surface area (Å²) in [5.74, 6) is -0.0586. The highest BCUT2D eigenvalue weighted by Gasteiger charge is 2.48. The summed E-state index contributed by atoms with van der Waals surface area (Å²) < 4.78 is 0. The molecule has 7 nitrogen and oxygen atoms in total. The van der Waals surface area contributed by atoms with Crippen molar-refractivity contribution in [3.8, 4) is 0 Å². The lowest BCUT2D eigenvalue weighted by Crippen LogP contribution is -2.53. The van der Waals surface area contributed by atoms with Gasteiger partial charge in [0.15, 0.2) is 0 Å². The van der Waals surface area contributed by atoms with Gasteiger partial charge in [0.25, 0.3) is 11.8 Å². The molecule has 0 bridgehead atoms. The zero-order chi connectivity index (χ0) is 23.2. The van der Waals surface area contributed by atoms with Crippen molar-refractivity contribution in [1.82, 2.24) is 15.1 Å². The van der Waals surface area contributed by atoms with Crippen LogP contribution in [0.1, 0.15) is 64.5 Å². The third kappa shape index (κ3) is 3.41. The Hall–Kier alpha value is -3.19. The first-order valence-corrected chi connectivity index (χ1v) is 12.5. The molecule has 2 saturated heterocycles. The molecule has 4 aliphatic rings. The summed E-state index contributed by atoms with van der Waals surface area (Å²) in [5, 5.41) is 3.13. The third-order valence-corrected chi connectivity index (χ3v) is 7.99. The molecule has 176 valence electrons. The Kier molecular flexibility index (Phi) is 5.37. The molecule has 0 aromatic heterocycles. The van der Waals surface area contributed by atoms with Crippen LogP contribution in [0.15, 0.2) is 48.5 Å². The molecule has 0 aliphatic carbocycles. The van der Waals surface area contributed by atoms with Crippen LogP contribution in [0.25, 0.3) is 0 Å². The molecular weight excluding hydrogens is 428 g/mol. The number of nitrogens with zero attached hydrogens (tertiary/aromatic N) is 3. The summed E-state index contributed by atoms with van der Waals surface area (Å²) in [4.78, 5) is 45.7. The lowest BCUT2D eigenvalue weighted by molar-refractivity contribution is -0.122. The maximum atomic E-state index is 13.5. The van der Waals surface area contributed by atoms with Crippen LogP contribution in [0.4, 0.5) is 5.69 Å². The van der Waals surface area contributed by atoms with E-state index in [-0.39, 0.29) is 24.3 Å². The summed E-state index contributed by atoms with van der Waals surface area (Å²) in [6.45, 7) is 2.91. The van der Waals surface area contributed by atoms with Crippen molar-refractivity contribution in [2.45, 2.75) is 44.3 Å². The molecule has 0 radical (unpaired) electrons. The van der Waals surface area contributed by atoms with Crippen LogP contribution in [-0.4, -0.2) is 59.7 Å². The first-order chi connectivity index (χ1) is 16.6. The summed E-state index contributed by atoms with van der Waals surface area (Å²) in [6.07, 6.45) is 5.45. The first kappa shape index (κ1) is 21.4. The van der Waals surface area contributed by atoms with E-state index in [1.807, 2.05) is 24.3 Å². The van der Waals surface area contributed by atoms with Gasteiger partial charge in [-0.2, -0.15) is 0 Å². The number of nitrogens with one attached hydrogen (secondary N) is 1. The van der Waals surface area contributed by atoms with Crippen LogP contribution in [0, 0.1) is 5.92 Å². The molecular formula is C27H30N4O3. The number of hydrogen-bond donors (Lipinski definition) is 1. The number of fused-ring (bicyclic) bond motifs is 6. The van der Waals surface area contributed by atoms with Gasteiger partial charge in [0.1, 0.15) is 12.7 Å². The van der Waals surface area contributed by atoms with Crippen LogP contribution in [0.3, 0.4) is 0 Å². The van der Waals surface area contributed by atoms with E-state index in [2.05, 4.69) is 10.2 Å². The molecule has 7 heteroatoms. The molecule has 2 aromatic rings. The van der Waals surface area contributed by atoms with Crippen LogP contribution < -0.4 is 10.2 Å². The van der Waals surface area contributed by atoms with E-state index in [0.29, 0.717) is 35.3 Å². The first-order valence-electron chi connectivity index (χ1n) is 12.5. The average molecular weight is 459 g/mol. The fourth-order valence-corrected chi connectivity index (χ4v) is 6.40. The topological polar surface area (TPSA) is 73.0 Å². The quantitative estimate of drug-likeness (QED) is 0.764. The lowest BCUT2D eigenvalue weighted by Gasteiger charge is -2.44. The number of hydrogen-bond acceptors (Lipinski definition) is 4. The van der Waals surface area contributed by atoms with Crippen LogP contribution in [-0.2, 0) is 4.79 Å². The Morgan fingerprint density at radius 3 is 2.53 bits per heavy atom. The van der Waals surface area contributed by atoms with E-state index in [9.17, 15) is 14.4 Å². The minimum Gasteiger partial charge on any atom is -0.354 e. The van der Waals surface area contributed by atoms with Gasteiger partial charge in [-0.15, -0.1) is 0 Å². The number of piperidine rings is 2. The van der Waals surface area contributed by atoms with E-state index in [1.54, 1.807) is 34.1 Å². The van der Waals surface area contributed by atoms with Crippen molar-refractivity contribution in [2.24, 2.45) is 5.92 Å². The number of carbonyl (C=O) groups excluding carboxylic acids is 3. The number of para-hydroxylation sites is 1. The molecule has 34 heavy (non-hydrogen) atoms. The van der Waals surface area contributed by atoms with Crippen molar-refractivity contribution in [3.63, 3.8) is 0 Å². The molecule has 3 amide bonds. The van der Waals surface area contributed by atoms with E-state index in [4.69, 9.17) is 0 Å². The molecule has 0 spiro atoms. The summed E-state index contributed by atoms with van der Waals surface area (Å²) in [5.41, 5.74) is 2.42. The van der Waals surface area contributed by atoms with Gasteiger partial charge in [0.05, 0.1) is 11.3 Å². The Balaban J connectivity index is 1.23. The highest BCUT2D eigenvalue weighted by atomic mass is 16.2. The summed E-state index contributed by atoms with van der Waals surface area (Å²) in [7, 11) is 0. The molecule has 0 unspecified atom stereocenters. The number of benzene rings is 2. The average Bonchev–Trinajstić information content (AvgIpc) is 3.18. The Bertz CT molecular complexity index is 1150. The second-order valence-electron chi connectivity index (χ2n) is 9.89. The maximum Gasteiger partial charge on any atom is 0.260 e. The van der Waals surface area contributed by atoms with Crippen molar-refractivity contribution in [2.75, 3.05) is 31.1 Å². The Morgan fingerprint density at radius 1 is 0.882 bits per heavy atom. The van der Waals surface area contributed by atoms with Crippen molar-refractivity contribution in [3.05, 3.63) is 65.2 Å². The van der Waals surface area contributed by atoms with Gasteiger partial charge in [-0.1, -0.05) is 36.8 Å². The molecule has 2 aromatic carbocycles. The number of anilines is 1. The van der Waals surface area contributed by atoms with E-state index in [1.165, 1.54) is 38.8 Å². The van der Waals surface area contributed by atoms with Crippen molar-refractivity contribution in [1.29, 1.82) is 0 Å². The van der Waals surface area contributed by atoms with Crippen LogP contribution in [0.5, 0.6) is 0 Å². The monoisotopic (exact) mass is 458 g/mol. The van der Waals surface area contributed by atoms with Crippen LogP contribution >= 0.6 is 0 Å². The van der Waals surface area contributed by atoms with Crippen LogP contribution in [0.2, 0.25) is 0 Å². The zero-order valence-electron chi connectivity index (χ0n) is 19.3. The number of rotatable bonds is 4. The van der Waals surface area contributed by atoms with Gasteiger partial charge in [-0.25, -0.2) is 0 Å². The van der Waals surface area contributed by atoms with Gasteiger partial charge in [-0.3, -0.25) is 19.3 Å². The lowest BCUT2D eigenvalue weighted by atomic mass is 9.83. The second-order valence-corrected chi connectivity index (χ2v) is 9.89. The van der Waals surface area contributed by atoms with Gasteiger partial charge in [0, 0.05) is 23.7 Å². The van der Waals surface area contributed by atoms with Crippen molar-refractivity contribution < 1.29 is 14.4 Å². The Labute approximate surface area is 199 Å². The standard InChI is InChI=1S/C27H30N4O3/c32-24(28-16-18-8-7-15-29-14-6-5-12-22(18)29)17-30-25-19-9-1-2-10-20(19)27(34)31(25)23-13-4-3-11-21(23)26(30)33/h1-4,9-11,13,18,22,25H,5-8,12,14-17H2,(H,28,32)/t18-,22+,25-/m0/s1. The van der Waals surface area contributed by atoms with E-state index >= 15 is 0 Å². The van der Waals surface area contributed by atoms with Gasteiger partial charge in [-0.05, 0) is 62.9 Å². The van der Waals surface area contributed by atoms with E-state index < -0.39 is 6.17 Å². The smallest absolute Gasteiger partial charge is 0.260 e. The molecule has 3 atom stereocenters. The van der Waals surface area contributed by atoms with Crippen molar-refractivity contribution >= 4 is 23.4 Å². The summed E-state index contributed by atoms with van der Waals surface area (Å²) in [6, 6.07) is 15.1. The number of amides is 3. The predicted molar refractivity (Wildman–Crippen MR) is 128 cm³/mol. The third-order valence-electron chi connectivity index (χ3n) is 7.99. The molecule has 6 rings (SSSR count). The molecule has 4 aliphatic heterocycles. The fourth-order valence-electron chi connectivity index (χ4n) is 6.40. The molecule has 0 saturated carbocycles. The maximum absolute atomic E-state index is 13.5. The molecule has 1 N–H and O–H groups in total. The minimum atomic E-state index is -0.597. The SMILES string of the molecule is O=C(CN1C(=O)c2ccccc2N2C(=O)c3ccccc3[C@@H]12)NC[C@@H]1CCCN2CCCC[C@H]12. The minimum absolute atomic E-state index is 0.0724. The molecule has 2 fully saturated rings. The fraction of sp³-hybridized carbons (Fsp3) is 0.444.